The predicted octanol–water partition coefficient (Wildman–Crippen LogP) is 3.29. The van der Waals surface area contributed by atoms with Crippen molar-refractivity contribution < 1.29 is 9.47 Å². The third-order valence-corrected chi connectivity index (χ3v) is 3.16. The summed E-state index contributed by atoms with van der Waals surface area (Å²) in [5.41, 5.74) is 1.05. The van der Waals surface area contributed by atoms with Gasteiger partial charge in [0.1, 0.15) is 6.79 Å². The van der Waals surface area contributed by atoms with Crippen molar-refractivity contribution in [1.82, 2.24) is 15.0 Å². The van der Waals surface area contributed by atoms with Crippen LogP contribution in [0.2, 0.25) is 0 Å². The summed E-state index contributed by atoms with van der Waals surface area (Å²) in [6.07, 6.45) is 6.59. The molecule has 5 heteroatoms. The highest BCUT2D eigenvalue weighted by atomic mass is 16.7. The van der Waals surface area contributed by atoms with E-state index in [-0.39, 0.29) is 0 Å². The second-order valence-corrected chi connectivity index (χ2v) is 6.39. The maximum atomic E-state index is 5.44. The number of rotatable bonds is 12. The van der Waals surface area contributed by atoms with E-state index < -0.39 is 0 Å². The molecule has 0 amide bonds. The van der Waals surface area contributed by atoms with Gasteiger partial charge in [-0.25, -0.2) is 4.68 Å². The number of ether oxygens (including phenoxy) is 2. The summed E-state index contributed by atoms with van der Waals surface area (Å²) in [5.74, 6) is 1.39. The fourth-order valence-electron chi connectivity index (χ4n) is 2.05. The molecule has 1 heterocycles. The van der Waals surface area contributed by atoms with Crippen LogP contribution >= 0.6 is 0 Å². The van der Waals surface area contributed by atoms with E-state index in [9.17, 15) is 0 Å². The Balaban J connectivity index is 1.95. The van der Waals surface area contributed by atoms with E-state index in [1.165, 1.54) is 12.8 Å². The van der Waals surface area contributed by atoms with Crippen molar-refractivity contribution in [1.29, 1.82) is 0 Å². The molecule has 0 aliphatic rings. The molecule has 0 spiro atoms. The SMILES string of the molecule is CC(C)CCCCOCOCCn1cc(CC(C)C)nn1. The second-order valence-electron chi connectivity index (χ2n) is 6.39. The lowest BCUT2D eigenvalue weighted by Gasteiger charge is -2.07. The van der Waals surface area contributed by atoms with Crippen LogP contribution in [-0.2, 0) is 22.4 Å². The van der Waals surface area contributed by atoms with Gasteiger partial charge in [-0.15, -0.1) is 5.10 Å². The number of hydrogen-bond acceptors (Lipinski definition) is 4. The Morgan fingerprint density at radius 2 is 1.81 bits per heavy atom. The van der Waals surface area contributed by atoms with Gasteiger partial charge in [0.25, 0.3) is 0 Å². The average molecular weight is 297 g/mol. The van der Waals surface area contributed by atoms with Crippen LogP contribution in [0.15, 0.2) is 6.20 Å². The van der Waals surface area contributed by atoms with Gasteiger partial charge < -0.3 is 9.47 Å². The standard InChI is InChI=1S/C16H31N3O2/c1-14(2)7-5-6-9-20-13-21-10-8-19-12-16(17-18-19)11-15(3)4/h12,14-15H,5-11,13H2,1-4H3. The number of unbranched alkanes of at least 4 members (excludes halogenated alkanes) is 1. The molecule has 1 rings (SSSR count). The Hall–Kier alpha value is -0.940. The van der Waals surface area contributed by atoms with Crippen LogP contribution in [0.3, 0.4) is 0 Å². The summed E-state index contributed by atoms with van der Waals surface area (Å²) in [5, 5.41) is 8.24. The van der Waals surface area contributed by atoms with Crippen molar-refractivity contribution in [3.05, 3.63) is 11.9 Å². The molecule has 21 heavy (non-hydrogen) atoms. The molecule has 0 radical (unpaired) electrons. The van der Waals surface area contributed by atoms with Gasteiger partial charge in [-0.3, -0.25) is 0 Å². The van der Waals surface area contributed by atoms with Crippen molar-refractivity contribution in [3.8, 4) is 0 Å². The molecule has 1 aromatic heterocycles. The molecule has 0 saturated carbocycles. The van der Waals surface area contributed by atoms with Crippen molar-refractivity contribution in [2.24, 2.45) is 11.8 Å². The van der Waals surface area contributed by atoms with Gasteiger partial charge in [-0.05, 0) is 24.7 Å². The Morgan fingerprint density at radius 3 is 2.52 bits per heavy atom. The molecule has 0 atom stereocenters. The minimum atomic E-state index is 0.370. The van der Waals surface area contributed by atoms with E-state index in [1.807, 2.05) is 10.9 Å². The third-order valence-electron chi connectivity index (χ3n) is 3.16. The first-order valence-corrected chi connectivity index (χ1v) is 8.12. The van der Waals surface area contributed by atoms with Gasteiger partial charge in [0.15, 0.2) is 0 Å². The van der Waals surface area contributed by atoms with E-state index in [1.54, 1.807) is 0 Å². The van der Waals surface area contributed by atoms with Crippen LogP contribution in [0, 0.1) is 11.8 Å². The number of aromatic nitrogens is 3. The quantitative estimate of drug-likeness (QED) is 0.439. The van der Waals surface area contributed by atoms with Crippen LogP contribution < -0.4 is 0 Å². The highest BCUT2D eigenvalue weighted by Gasteiger charge is 2.03. The van der Waals surface area contributed by atoms with Crippen LogP contribution in [0.1, 0.15) is 52.7 Å². The monoisotopic (exact) mass is 297 g/mol. The minimum absolute atomic E-state index is 0.370. The molecule has 0 bridgehead atoms. The Labute approximate surface area is 129 Å². The summed E-state index contributed by atoms with van der Waals surface area (Å²) in [7, 11) is 0. The lowest BCUT2D eigenvalue weighted by Crippen LogP contribution is -2.09. The fraction of sp³-hybridized carbons (Fsp3) is 0.875. The summed E-state index contributed by atoms with van der Waals surface area (Å²) in [6, 6.07) is 0. The lowest BCUT2D eigenvalue weighted by atomic mass is 10.1. The summed E-state index contributed by atoms with van der Waals surface area (Å²) >= 11 is 0. The number of hydrogen-bond donors (Lipinski definition) is 0. The van der Waals surface area contributed by atoms with Crippen LogP contribution in [0.5, 0.6) is 0 Å². The Morgan fingerprint density at radius 1 is 1.05 bits per heavy atom. The molecule has 0 aromatic carbocycles. The highest BCUT2D eigenvalue weighted by Crippen LogP contribution is 2.06. The molecule has 0 fully saturated rings. The zero-order valence-electron chi connectivity index (χ0n) is 14.0. The fourth-order valence-corrected chi connectivity index (χ4v) is 2.05. The molecule has 122 valence electrons. The molecule has 0 aliphatic carbocycles. The van der Waals surface area contributed by atoms with Gasteiger partial charge in [-0.1, -0.05) is 45.7 Å². The summed E-state index contributed by atoms with van der Waals surface area (Å²) < 4.78 is 12.7. The van der Waals surface area contributed by atoms with E-state index in [0.29, 0.717) is 19.3 Å². The predicted molar refractivity (Wildman–Crippen MR) is 84.0 cm³/mol. The first kappa shape index (κ1) is 18.1. The molecular weight excluding hydrogens is 266 g/mol. The van der Waals surface area contributed by atoms with Gasteiger partial charge in [0, 0.05) is 12.8 Å². The Kier molecular flexibility index (Phi) is 9.26. The molecule has 5 nitrogen and oxygen atoms in total. The van der Waals surface area contributed by atoms with E-state index >= 15 is 0 Å². The maximum Gasteiger partial charge on any atom is 0.146 e. The van der Waals surface area contributed by atoms with Crippen molar-refractivity contribution in [3.63, 3.8) is 0 Å². The topological polar surface area (TPSA) is 49.2 Å². The van der Waals surface area contributed by atoms with Gasteiger partial charge in [-0.2, -0.15) is 0 Å². The maximum absolute atomic E-state index is 5.44. The van der Waals surface area contributed by atoms with Gasteiger partial charge in [0.05, 0.1) is 18.8 Å². The van der Waals surface area contributed by atoms with Crippen molar-refractivity contribution in [2.75, 3.05) is 20.0 Å². The zero-order chi connectivity index (χ0) is 15.5. The minimum Gasteiger partial charge on any atom is -0.355 e. The molecule has 1 aromatic rings. The van der Waals surface area contributed by atoms with Gasteiger partial charge in [0.2, 0.25) is 0 Å². The molecule has 0 unspecified atom stereocenters. The van der Waals surface area contributed by atoms with Crippen molar-refractivity contribution >= 4 is 0 Å². The van der Waals surface area contributed by atoms with Gasteiger partial charge >= 0.3 is 0 Å². The molecule has 0 N–H and O–H groups in total. The van der Waals surface area contributed by atoms with E-state index in [2.05, 4.69) is 38.0 Å². The average Bonchev–Trinajstić information content (AvgIpc) is 2.83. The van der Waals surface area contributed by atoms with Crippen LogP contribution in [-0.4, -0.2) is 35.0 Å². The van der Waals surface area contributed by atoms with E-state index in [4.69, 9.17) is 9.47 Å². The smallest absolute Gasteiger partial charge is 0.146 e. The zero-order valence-corrected chi connectivity index (χ0v) is 14.0. The van der Waals surface area contributed by atoms with E-state index in [0.717, 1.165) is 37.6 Å². The lowest BCUT2D eigenvalue weighted by molar-refractivity contribution is -0.0574. The van der Waals surface area contributed by atoms with Crippen molar-refractivity contribution in [2.45, 2.75) is 59.9 Å². The second kappa shape index (κ2) is 10.7. The van der Waals surface area contributed by atoms with Crippen LogP contribution in [0.4, 0.5) is 0 Å². The Bertz CT molecular complexity index is 364. The molecule has 0 aliphatic heterocycles. The highest BCUT2D eigenvalue weighted by molar-refractivity contribution is 4.92. The summed E-state index contributed by atoms with van der Waals surface area (Å²) in [6.45, 7) is 11.4. The summed E-state index contributed by atoms with van der Waals surface area (Å²) in [4.78, 5) is 0. The normalized spacial score (nSPS) is 11.7. The largest absolute Gasteiger partial charge is 0.355 e. The first-order valence-electron chi connectivity index (χ1n) is 8.12. The third kappa shape index (κ3) is 9.58. The molecular formula is C16H31N3O2. The number of nitrogens with zero attached hydrogens (tertiary/aromatic N) is 3. The van der Waals surface area contributed by atoms with Crippen LogP contribution in [0.25, 0.3) is 0 Å². The first-order chi connectivity index (χ1) is 10.1. The molecule has 0 saturated heterocycles.